The van der Waals surface area contributed by atoms with Crippen molar-refractivity contribution in [2.24, 2.45) is 0 Å². The first-order chi connectivity index (χ1) is 14.0. The van der Waals surface area contributed by atoms with Gasteiger partial charge in [0.25, 0.3) is 11.5 Å². The van der Waals surface area contributed by atoms with E-state index < -0.39 is 0 Å². The molecule has 0 radical (unpaired) electrons. The zero-order valence-corrected chi connectivity index (χ0v) is 17.9. The molecule has 9 heteroatoms. The second-order valence-electron chi connectivity index (χ2n) is 6.57. The molecular formula is C20H20N4O3S2. The van der Waals surface area contributed by atoms with Crippen LogP contribution in [0.1, 0.15) is 27.7 Å². The Kier molecular flexibility index (Phi) is 5.44. The van der Waals surface area contributed by atoms with Crippen molar-refractivity contribution in [1.29, 1.82) is 0 Å². The summed E-state index contributed by atoms with van der Waals surface area (Å²) in [5.74, 6) is -0.275. The van der Waals surface area contributed by atoms with E-state index in [-0.39, 0.29) is 11.5 Å². The van der Waals surface area contributed by atoms with Gasteiger partial charge in [0.1, 0.15) is 4.83 Å². The number of para-hydroxylation sites is 1. The summed E-state index contributed by atoms with van der Waals surface area (Å²) in [6.45, 7) is 7.15. The van der Waals surface area contributed by atoms with E-state index in [4.69, 9.17) is 4.74 Å². The number of ether oxygens (including phenoxy) is 1. The monoisotopic (exact) mass is 428 g/mol. The van der Waals surface area contributed by atoms with E-state index in [1.165, 1.54) is 33.6 Å². The molecule has 0 spiro atoms. The molecule has 150 valence electrons. The molecule has 3 aromatic heterocycles. The maximum atomic E-state index is 12.9. The van der Waals surface area contributed by atoms with E-state index in [1.54, 1.807) is 6.92 Å². The molecule has 0 aliphatic carbocycles. The van der Waals surface area contributed by atoms with Crippen molar-refractivity contribution in [3.05, 3.63) is 50.9 Å². The first kappa shape index (κ1) is 19.7. The third kappa shape index (κ3) is 3.68. The number of nitrogens with zero attached hydrogens (tertiary/aromatic N) is 3. The SMILES string of the molecule is CCOCCn1cnc2sc(C(=O)Nc3nc4c(C)cccc4s3)c(C)c2c1=O. The molecular weight excluding hydrogens is 408 g/mol. The highest BCUT2D eigenvalue weighted by atomic mass is 32.1. The summed E-state index contributed by atoms with van der Waals surface area (Å²) >= 11 is 2.65. The third-order valence-electron chi connectivity index (χ3n) is 4.65. The van der Waals surface area contributed by atoms with Gasteiger partial charge < -0.3 is 4.74 Å². The van der Waals surface area contributed by atoms with Crippen molar-refractivity contribution >= 4 is 54.1 Å². The normalized spacial score (nSPS) is 11.4. The topological polar surface area (TPSA) is 86.1 Å². The number of anilines is 1. The number of hydrogen-bond acceptors (Lipinski definition) is 7. The Labute approximate surface area is 175 Å². The first-order valence-electron chi connectivity index (χ1n) is 9.23. The molecule has 0 bridgehead atoms. The number of hydrogen-bond donors (Lipinski definition) is 1. The molecule has 0 aliphatic heterocycles. The zero-order chi connectivity index (χ0) is 20.5. The quantitative estimate of drug-likeness (QED) is 0.470. The Hall–Kier alpha value is -2.62. The number of nitrogens with one attached hydrogen (secondary N) is 1. The molecule has 0 fully saturated rings. The molecule has 7 nitrogen and oxygen atoms in total. The Morgan fingerprint density at radius 3 is 2.86 bits per heavy atom. The van der Waals surface area contributed by atoms with Gasteiger partial charge in [-0.1, -0.05) is 23.5 Å². The Morgan fingerprint density at radius 1 is 1.28 bits per heavy atom. The second-order valence-corrected chi connectivity index (χ2v) is 8.60. The van der Waals surface area contributed by atoms with Crippen molar-refractivity contribution in [2.75, 3.05) is 18.5 Å². The van der Waals surface area contributed by atoms with Crippen molar-refractivity contribution in [1.82, 2.24) is 14.5 Å². The summed E-state index contributed by atoms with van der Waals surface area (Å²) in [5.41, 5.74) is 2.44. The lowest BCUT2D eigenvalue weighted by atomic mass is 10.2. The maximum absolute atomic E-state index is 12.9. The van der Waals surface area contributed by atoms with E-state index in [2.05, 4.69) is 15.3 Å². The van der Waals surface area contributed by atoms with Gasteiger partial charge in [0.05, 0.1) is 40.0 Å². The number of fused-ring (bicyclic) bond motifs is 2. The van der Waals surface area contributed by atoms with Crippen LogP contribution in [-0.4, -0.2) is 33.7 Å². The van der Waals surface area contributed by atoms with Crippen LogP contribution in [0.25, 0.3) is 20.4 Å². The minimum atomic E-state index is -0.275. The van der Waals surface area contributed by atoms with Crippen LogP contribution in [0.5, 0.6) is 0 Å². The van der Waals surface area contributed by atoms with Crippen LogP contribution in [0.4, 0.5) is 5.13 Å². The van der Waals surface area contributed by atoms with Crippen LogP contribution < -0.4 is 10.9 Å². The molecule has 0 saturated heterocycles. The fourth-order valence-corrected chi connectivity index (χ4v) is 5.11. The van der Waals surface area contributed by atoms with Gasteiger partial charge in [0.15, 0.2) is 5.13 Å². The Morgan fingerprint density at radius 2 is 2.10 bits per heavy atom. The minimum absolute atomic E-state index is 0.155. The molecule has 1 amide bonds. The summed E-state index contributed by atoms with van der Waals surface area (Å²) in [4.78, 5) is 35.6. The number of aromatic nitrogens is 3. The third-order valence-corrected chi connectivity index (χ3v) is 6.78. The van der Waals surface area contributed by atoms with Crippen molar-refractivity contribution in [3.8, 4) is 0 Å². The predicted molar refractivity (Wildman–Crippen MR) is 117 cm³/mol. The predicted octanol–water partition coefficient (Wildman–Crippen LogP) is 3.97. The van der Waals surface area contributed by atoms with Gasteiger partial charge in [-0.25, -0.2) is 9.97 Å². The van der Waals surface area contributed by atoms with Crippen LogP contribution in [-0.2, 0) is 11.3 Å². The smallest absolute Gasteiger partial charge is 0.267 e. The van der Waals surface area contributed by atoms with Gasteiger partial charge in [-0.3, -0.25) is 19.5 Å². The number of thiophene rings is 1. The van der Waals surface area contributed by atoms with Crippen LogP contribution in [0.3, 0.4) is 0 Å². The largest absolute Gasteiger partial charge is 0.380 e. The van der Waals surface area contributed by atoms with Crippen molar-refractivity contribution in [2.45, 2.75) is 27.3 Å². The molecule has 0 saturated carbocycles. The lowest BCUT2D eigenvalue weighted by Crippen LogP contribution is -2.23. The Bertz CT molecular complexity index is 1270. The number of rotatable bonds is 6. The molecule has 0 unspecified atom stereocenters. The molecule has 29 heavy (non-hydrogen) atoms. The van der Waals surface area contributed by atoms with E-state index in [0.717, 1.165) is 15.8 Å². The van der Waals surface area contributed by atoms with Crippen molar-refractivity contribution < 1.29 is 9.53 Å². The number of carbonyl (C=O) groups excluding carboxylic acids is 1. The average Bonchev–Trinajstić information content (AvgIpc) is 3.26. The highest BCUT2D eigenvalue weighted by Crippen LogP contribution is 2.31. The molecule has 3 heterocycles. The van der Waals surface area contributed by atoms with Crippen LogP contribution >= 0.6 is 22.7 Å². The molecule has 1 aromatic carbocycles. The first-order valence-corrected chi connectivity index (χ1v) is 10.9. The zero-order valence-electron chi connectivity index (χ0n) is 16.3. The second kappa shape index (κ2) is 8.02. The van der Waals surface area contributed by atoms with Crippen molar-refractivity contribution in [3.63, 3.8) is 0 Å². The number of carbonyl (C=O) groups is 1. The number of benzene rings is 1. The van der Waals surface area contributed by atoms with Gasteiger partial charge in [-0.2, -0.15) is 0 Å². The van der Waals surface area contributed by atoms with Crippen LogP contribution in [0, 0.1) is 13.8 Å². The van der Waals surface area contributed by atoms with E-state index in [0.29, 0.717) is 45.5 Å². The summed E-state index contributed by atoms with van der Waals surface area (Å²) in [5, 5.41) is 3.90. The standard InChI is InChI=1S/C20H20N4O3S2/c1-4-27-9-8-24-10-21-18-14(19(24)26)12(3)16(29-18)17(25)23-20-22-15-11(2)6-5-7-13(15)28-20/h5-7,10H,4,8-9H2,1-3H3,(H,22,23,25). The highest BCUT2D eigenvalue weighted by molar-refractivity contribution is 7.23. The lowest BCUT2D eigenvalue weighted by molar-refractivity contribution is 0.103. The van der Waals surface area contributed by atoms with E-state index >= 15 is 0 Å². The summed E-state index contributed by atoms with van der Waals surface area (Å²) < 4.78 is 7.87. The summed E-state index contributed by atoms with van der Waals surface area (Å²) in [6.07, 6.45) is 1.51. The van der Waals surface area contributed by atoms with Gasteiger partial charge in [0.2, 0.25) is 0 Å². The molecule has 0 aliphatic rings. The maximum Gasteiger partial charge on any atom is 0.267 e. The average molecular weight is 429 g/mol. The fraction of sp³-hybridized carbons (Fsp3) is 0.300. The van der Waals surface area contributed by atoms with Crippen LogP contribution in [0.15, 0.2) is 29.3 Å². The van der Waals surface area contributed by atoms with E-state index in [1.807, 2.05) is 32.0 Å². The van der Waals surface area contributed by atoms with Gasteiger partial charge in [-0.05, 0) is 38.0 Å². The highest BCUT2D eigenvalue weighted by Gasteiger charge is 2.20. The number of amides is 1. The summed E-state index contributed by atoms with van der Waals surface area (Å²) in [7, 11) is 0. The van der Waals surface area contributed by atoms with Gasteiger partial charge in [0, 0.05) is 6.61 Å². The number of aryl methyl sites for hydroxylation is 2. The number of thiazole rings is 1. The van der Waals surface area contributed by atoms with E-state index in [9.17, 15) is 9.59 Å². The lowest BCUT2D eigenvalue weighted by Gasteiger charge is -2.05. The van der Waals surface area contributed by atoms with Gasteiger partial charge in [-0.15, -0.1) is 11.3 Å². The minimum Gasteiger partial charge on any atom is -0.380 e. The molecule has 1 N–H and O–H groups in total. The Balaban J connectivity index is 1.65. The fourth-order valence-electron chi connectivity index (χ4n) is 3.14. The molecule has 0 atom stereocenters. The summed E-state index contributed by atoms with van der Waals surface area (Å²) in [6, 6.07) is 5.95. The van der Waals surface area contributed by atoms with Gasteiger partial charge >= 0.3 is 0 Å². The molecule has 4 rings (SSSR count). The van der Waals surface area contributed by atoms with Crippen LogP contribution in [0.2, 0.25) is 0 Å². The molecule has 4 aromatic rings.